The van der Waals surface area contributed by atoms with Gasteiger partial charge in [0.05, 0.1) is 5.31 Å². The first-order valence-corrected chi connectivity index (χ1v) is 8.20. The molecule has 0 aromatic heterocycles. The van der Waals surface area contributed by atoms with Crippen LogP contribution in [-0.4, -0.2) is 18.1 Å². The number of ether oxygens (including phenoxy) is 1. The van der Waals surface area contributed by atoms with Crippen molar-refractivity contribution >= 4 is 42.0 Å². The molecule has 0 fully saturated rings. The third-order valence-corrected chi connectivity index (χ3v) is 6.20. The van der Waals surface area contributed by atoms with Crippen LogP contribution in [0.3, 0.4) is 0 Å². The number of carbonyl (C=O) groups excluding carboxylic acids is 2. The van der Waals surface area contributed by atoms with Crippen LogP contribution in [0.2, 0.25) is 0 Å². The van der Waals surface area contributed by atoms with Gasteiger partial charge >= 0.3 is 11.9 Å². The van der Waals surface area contributed by atoms with Gasteiger partial charge in [0.25, 0.3) is 0 Å². The second kappa shape index (κ2) is 4.64. The zero-order valence-corrected chi connectivity index (χ0v) is 12.0. The SMILES string of the molecule is O=C1C=C(P2CC=Cc3c2ccc2ccccc32)C(=O)O1. The van der Waals surface area contributed by atoms with Crippen molar-refractivity contribution in [2.75, 3.05) is 6.16 Å². The van der Waals surface area contributed by atoms with E-state index < -0.39 is 19.9 Å². The van der Waals surface area contributed by atoms with E-state index in [0.29, 0.717) is 5.31 Å². The van der Waals surface area contributed by atoms with E-state index in [1.54, 1.807) is 0 Å². The molecule has 1 atom stereocenters. The maximum Gasteiger partial charge on any atom is 0.347 e. The highest BCUT2D eigenvalue weighted by Gasteiger charge is 2.32. The van der Waals surface area contributed by atoms with Gasteiger partial charge < -0.3 is 4.74 Å². The van der Waals surface area contributed by atoms with Gasteiger partial charge in [-0.05, 0) is 35.7 Å². The smallest absolute Gasteiger partial charge is 0.347 e. The van der Waals surface area contributed by atoms with Crippen LogP contribution in [0.5, 0.6) is 0 Å². The minimum atomic E-state index is -0.849. The maximum absolute atomic E-state index is 11.8. The molecule has 2 aromatic rings. The Kier molecular flexibility index (Phi) is 2.76. The van der Waals surface area contributed by atoms with E-state index in [1.807, 2.05) is 12.1 Å². The van der Waals surface area contributed by atoms with Crippen LogP contribution in [0.25, 0.3) is 16.8 Å². The van der Waals surface area contributed by atoms with Crippen molar-refractivity contribution in [2.24, 2.45) is 0 Å². The molecule has 0 radical (unpaired) electrons. The van der Waals surface area contributed by atoms with Gasteiger partial charge in [-0.2, -0.15) is 0 Å². The van der Waals surface area contributed by atoms with E-state index in [9.17, 15) is 9.59 Å². The van der Waals surface area contributed by atoms with Crippen LogP contribution in [-0.2, 0) is 14.3 Å². The fraction of sp³-hybridized carbons (Fsp3) is 0.0588. The Balaban J connectivity index is 1.91. The van der Waals surface area contributed by atoms with Crippen molar-refractivity contribution in [3.63, 3.8) is 0 Å². The molecule has 4 rings (SSSR count). The van der Waals surface area contributed by atoms with Crippen molar-refractivity contribution in [1.29, 1.82) is 0 Å². The third-order valence-electron chi connectivity index (χ3n) is 3.76. The molecule has 4 heteroatoms. The molecule has 0 bridgehead atoms. The quantitative estimate of drug-likeness (QED) is 0.461. The summed E-state index contributed by atoms with van der Waals surface area (Å²) in [4.78, 5) is 23.1. The minimum Gasteiger partial charge on any atom is -0.386 e. The number of allylic oxidation sites excluding steroid dienone is 1. The molecule has 2 aliphatic rings. The number of carbonyl (C=O) groups is 2. The second-order valence-corrected chi connectivity index (χ2v) is 7.16. The Labute approximate surface area is 122 Å². The fourth-order valence-electron chi connectivity index (χ4n) is 2.83. The van der Waals surface area contributed by atoms with Crippen molar-refractivity contribution in [3.05, 3.63) is 59.4 Å². The van der Waals surface area contributed by atoms with Gasteiger partial charge in [0.15, 0.2) is 0 Å². The van der Waals surface area contributed by atoms with Gasteiger partial charge in [-0.1, -0.05) is 48.6 Å². The molecule has 2 aromatic carbocycles. The molecule has 0 amide bonds. The third kappa shape index (κ3) is 1.93. The standard InChI is InChI=1S/C17H11O3P/c18-16-10-15(17(19)20-16)21-9-3-6-13-12-5-2-1-4-11(12)7-8-14(13)21/h1-8,10H,9H2. The van der Waals surface area contributed by atoms with E-state index in [4.69, 9.17) is 0 Å². The summed E-state index contributed by atoms with van der Waals surface area (Å²) in [6.45, 7) is 0. The summed E-state index contributed by atoms with van der Waals surface area (Å²) in [6.07, 6.45) is 6.32. The molecule has 0 N–H and O–H groups in total. The van der Waals surface area contributed by atoms with Crippen LogP contribution >= 0.6 is 7.92 Å². The minimum absolute atomic E-state index is 0.486. The van der Waals surface area contributed by atoms with Crippen molar-refractivity contribution < 1.29 is 14.3 Å². The van der Waals surface area contributed by atoms with Gasteiger partial charge in [0.2, 0.25) is 0 Å². The fourth-order valence-corrected chi connectivity index (χ4v) is 5.07. The molecule has 102 valence electrons. The molecule has 2 heterocycles. The summed E-state index contributed by atoms with van der Waals surface area (Å²) in [5, 5.41) is 4.02. The number of hydrogen-bond donors (Lipinski definition) is 0. The monoisotopic (exact) mass is 294 g/mol. The Morgan fingerprint density at radius 1 is 1.05 bits per heavy atom. The molecular formula is C17H11O3P. The molecule has 0 aliphatic carbocycles. The highest BCUT2D eigenvalue weighted by atomic mass is 31.1. The Morgan fingerprint density at radius 3 is 2.71 bits per heavy atom. The van der Waals surface area contributed by atoms with Crippen molar-refractivity contribution in [3.8, 4) is 0 Å². The Hall–Kier alpha value is -2.25. The van der Waals surface area contributed by atoms with E-state index in [2.05, 4.69) is 41.2 Å². The first kappa shape index (κ1) is 12.5. The summed E-state index contributed by atoms with van der Waals surface area (Å²) in [5.74, 6) is -1.03. The van der Waals surface area contributed by atoms with E-state index in [1.165, 1.54) is 16.8 Å². The zero-order chi connectivity index (χ0) is 14.4. The predicted octanol–water partition coefficient (Wildman–Crippen LogP) is 2.94. The summed E-state index contributed by atoms with van der Waals surface area (Å²) in [7, 11) is -0.849. The van der Waals surface area contributed by atoms with Gasteiger partial charge in [-0.15, -0.1) is 0 Å². The normalized spacial score (nSPS) is 20.4. The number of hydrogen-bond acceptors (Lipinski definition) is 3. The molecule has 0 saturated heterocycles. The molecule has 1 unspecified atom stereocenters. The van der Waals surface area contributed by atoms with Gasteiger partial charge in [-0.3, -0.25) is 0 Å². The summed E-state index contributed by atoms with van der Waals surface area (Å²) in [5.41, 5.74) is 1.15. The number of rotatable bonds is 1. The van der Waals surface area contributed by atoms with Crippen molar-refractivity contribution in [1.82, 2.24) is 0 Å². The Bertz CT molecular complexity index is 848. The Morgan fingerprint density at radius 2 is 1.90 bits per heavy atom. The molecule has 0 spiro atoms. The number of esters is 2. The maximum atomic E-state index is 11.8. The first-order chi connectivity index (χ1) is 10.2. The van der Waals surface area contributed by atoms with E-state index in [-0.39, 0.29) is 0 Å². The zero-order valence-electron chi connectivity index (χ0n) is 11.1. The van der Waals surface area contributed by atoms with E-state index in [0.717, 1.165) is 17.0 Å². The summed E-state index contributed by atoms with van der Waals surface area (Å²) < 4.78 is 4.65. The first-order valence-electron chi connectivity index (χ1n) is 6.68. The molecule has 2 aliphatic heterocycles. The second-order valence-electron chi connectivity index (χ2n) is 4.97. The average molecular weight is 294 g/mol. The topological polar surface area (TPSA) is 43.4 Å². The molecule has 21 heavy (non-hydrogen) atoms. The highest BCUT2D eigenvalue weighted by molar-refractivity contribution is 7.71. The summed E-state index contributed by atoms with van der Waals surface area (Å²) in [6, 6.07) is 12.3. The average Bonchev–Trinajstić information content (AvgIpc) is 2.85. The largest absolute Gasteiger partial charge is 0.386 e. The van der Waals surface area contributed by atoms with Gasteiger partial charge in [0.1, 0.15) is 0 Å². The predicted molar refractivity (Wildman–Crippen MR) is 83.6 cm³/mol. The number of benzene rings is 2. The van der Waals surface area contributed by atoms with Gasteiger partial charge in [-0.25, -0.2) is 9.59 Å². The summed E-state index contributed by atoms with van der Waals surface area (Å²) >= 11 is 0. The van der Waals surface area contributed by atoms with Crippen LogP contribution < -0.4 is 5.30 Å². The van der Waals surface area contributed by atoms with E-state index >= 15 is 0 Å². The molecule has 3 nitrogen and oxygen atoms in total. The van der Waals surface area contributed by atoms with Crippen LogP contribution in [0.1, 0.15) is 5.56 Å². The lowest BCUT2D eigenvalue weighted by Gasteiger charge is -2.23. The lowest BCUT2D eigenvalue weighted by molar-refractivity contribution is -0.150. The highest BCUT2D eigenvalue weighted by Crippen LogP contribution is 2.49. The van der Waals surface area contributed by atoms with Crippen LogP contribution in [0.4, 0.5) is 0 Å². The van der Waals surface area contributed by atoms with Crippen LogP contribution in [0, 0.1) is 0 Å². The molecule has 0 saturated carbocycles. The number of fused-ring (bicyclic) bond motifs is 3. The number of cyclic esters (lactones) is 2. The van der Waals surface area contributed by atoms with Crippen molar-refractivity contribution in [2.45, 2.75) is 0 Å². The van der Waals surface area contributed by atoms with Crippen LogP contribution in [0.15, 0.2) is 53.9 Å². The lowest BCUT2D eigenvalue weighted by atomic mass is 10.0. The molecular weight excluding hydrogens is 283 g/mol. The lowest BCUT2D eigenvalue weighted by Crippen LogP contribution is -2.14. The van der Waals surface area contributed by atoms with Gasteiger partial charge in [0, 0.05) is 6.08 Å².